The lowest BCUT2D eigenvalue weighted by Crippen LogP contribution is -2.21. The number of nitrogen functional groups attached to an aromatic ring is 1. The van der Waals surface area contributed by atoms with Gasteiger partial charge in [0, 0.05) is 6.07 Å². The third-order valence-electron chi connectivity index (χ3n) is 1.56. The maximum Gasteiger partial charge on any atom is 0.573 e. The van der Waals surface area contributed by atoms with Gasteiger partial charge in [0.05, 0.1) is 5.69 Å². The van der Waals surface area contributed by atoms with Gasteiger partial charge >= 0.3 is 12.7 Å². The molecule has 1 rings (SSSR count). The molecule has 102 valence electrons. The molecule has 0 atom stereocenters. The van der Waals surface area contributed by atoms with Crippen molar-refractivity contribution in [1.29, 1.82) is 0 Å². The van der Waals surface area contributed by atoms with Gasteiger partial charge in [-0.05, 0) is 12.1 Å². The van der Waals surface area contributed by atoms with E-state index in [1.54, 1.807) is 0 Å². The Hall–Kier alpha value is -1.84. The van der Waals surface area contributed by atoms with Crippen molar-refractivity contribution in [3.05, 3.63) is 18.2 Å². The number of ether oxygens (including phenoxy) is 2. The molecular formula is C8H6F6N2O2. The van der Waals surface area contributed by atoms with Crippen LogP contribution in [0.4, 0.5) is 32.0 Å². The first kappa shape index (κ1) is 14.2. The van der Waals surface area contributed by atoms with Gasteiger partial charge in [-0.3, -0.25) is 5.84 Å². The standard InChI is InChI=1S/C8H6F6N2O2/c9-7(10,11)17-5-2-1-4(16-15)3-6(5)18-8(12,13)14/h1-3,16H,15H2. The molecule has 10 heteroatoms. The van der Waals surface area contributed by atoms with Gasteiger partial charge < -0.3 is 14.9 Å². The minimum atomic E-state index is -5.16. The van der Waals surface area contributed by atoms with E-state index in [4.69, 9.17) is 5.84 Å². The van der Waals surface area contributed by atoms with E-state index >= 15 is 0 Å². The van der Waals surface area contributed by atoms with E-state index in [2.05, 4.69) is 9.47 Å². The zero-order valence-corrected chi connectivity index (χ0v) is 8.39. The van der Waals surface area contributed by atoms with Crippen molar-refractivity contribution in [1.82, 2.24) is 0 Å². The number of anilines is 1. The largest absolute Gasteiger partial charge is 0.573 e. The number of hydrazine groups is 1. The summed E-state index contributed by atoms with van der Waals surface area (Å²) in [6.07, 6.45) is -10.3. The number of nitrogens with two attached hydrogens (primary N) is 1. The van der Waals surface area contributed by atoms with Gasteiger partial charge in [0.25, 0.3) is 0 Å². The van der Waals surface area contributed by atoms with Gasteiger partial charge in [-0.2, -0.15) is 0 Å². The second-order valence-electron chi connectivity index (χ2n) is 2.90. The van der Waals surface area contributed by atoms with Crippen molar-refractivity contribution in [2.24, 2.45) is 5.84 Å². The Kier molecular flexibility index (Phi) is 3.79. The molecule has 0 unspecified atom stereocenters. The Bertz CT molecular complexity index is 417. The van der Waals surface area contributed by atoms with Crippen molar-refractivity contribution in [3.8, 4) is 11.5 Å². The minimum Gasteiger partial charge on any atom is -0.402 e. The summed E-state index contributed by atoms with van der Waals surface area (Å²) in [5.41, 5.74) is 1.88. The third-order valence-corrected chi connectivity index (χ3v) is 1.56. The summed E-state index contributed by atoms with van der Waals surface area (Å²) in [4.78, 5) is 0. The first-order valence-corrected chi connectivity index (χ1v) is 4.23. The lowest BCUT2D eigenvalue weighted by atomic mass is 10.3. The number of halogens is 6. The molecule has 0 aliphatic carbocycles. The molecule has 0 spiro atoms. The van der Waals surface area contributed by atoms with Crippen LogP contribution in [-0.4, -0.2) is 12.7 Å². The second kappa shape index (κ2) is 4.80. The van der Waals surface area contributed by atoms with E-state index < -0.39 is 24.2 Å². The van der Waals surface area contributed by atoms with Crippen molar-refractivity contribution in [3.63, 3.8) is 0 Å². The number of benzene rings is 1. The Morgan fingerprint density at radius 1 is 0.889 bits per heavy atom. The average Bonchev–Trinajstić information content (AvgIpc) is 2.16. The van der Waals surface area contributed by atoms with E-state index in [1.165, 1.54) is 0 Å². The van der Waals surface area contributed by atoms with Gasteiger partial charge in [0.15, 0.2) is 11.5 Å². The highest BCUT2D eigenvalue weighted by atomic mass is 19.4. The van der Waals surface area contributed by atoms with Gasteiger partial charge in [-0.15, -0.1) is 26.3 Å². The molecule has 0 bridgehead atoms. The molecule has 0 heterocycles. The van der Waals surface area contributed by atoms with Crippen LogP contribution in [0.1, 0.15) is 0 Å². The van der Waals surface area contributed by atoms with Gasteiger partial charge in [0.2, 0.25) is 0 Å². The topological polar surface area (TPSA) is 56.5 Å². The quantitative estimate of drug-likeness (QED) is 0.506. The normalized spacial score (nSPS) is 12.2. The van der Waals surface area contributed by atoms with Crippen LogP contribution in [-0.2, 0) is 0 Å². The third kappa shape index (κ3) is 4.57. The van der Waals surface area contributed by atoms with Crippen molar-refractivity contribution >= 4 is 5.69 Å². The molecule has 0 saturated carbocycles. The van der Waals surface area contributed by atoms with E-state index in [0.29, 0.717) is 12.1 Å². The summed E-state index contributed by atoms with van der Waals surface area (Å²) in [6, 6.07) is 2.25. The van der Waals surface area contributed by atoms with Crippen LogP contribution in [0.2, 0.25) is 0 Å². The summed E-state index contributed by atoms with van der Waals surface area (Å²) in [5, 5.41) is 0. The Morgan fingerprint density at radius 2 is 1.39 bits per heavy atom. The molecule has 0 aliphatic heterocycles. The molecule has 0 aliphatic rings. The molecule has 4 nitrogen and oxygen atoms in total. The van der Waals surface area contributed by atoms with E-state index in [9.17, 15) is 26.3 Å². The smallest absolute Gasteiger partial charge is 0.402 e. The van der Waals surface area contributed by atoms with Crippen molar-refractivity contribution in [2.75, 3.05) is 5.43 Å². The van der Waals surface area contributed by atoms with Crippen LogP contribution in [0.5, 0.6) is 11.5 Å². The molecule has 0 fully saturated rings. The maximum absolute atomic E-state index is 12.0. The van der Waals surface area contributed by atoms with Crippen LogP contribution in [0, 0.1) is 0 Å². The first-order valence-electron chi connectivity index (χ1n) is 4.23. The van der Waals surface area contributed by atoms with E-state index in [-0.39, 0.29) is 5.69 Å². The fourth-order valence-electron chi connectivity index (χ4n) is 1.01. The average molecular weight is 276 g/mol. The maximum atomic E-state index is 12.0. The monoisotopic (exact) mass is 276 g/mol. The molecule has 1 aromatic carbocycles. The van der Waals surface area contributed by atoms with Gasteiger partial charge in [0.1, 0.15) is 0 Å². The molecule has 0 aromatic heterocycles. The van der Waals surface area contributed by atoms with Crippen LogP contribution >= 0.6 is 0 Å². The predicted octanol–water partition coefficient (Wildman–Crippen LogP) is 2.77. The molecular weight excluding hydrogens is 270 g/mol. The Balaban J connectivity index is 3.08. The number of nitrogens with one attached hydrogen (secondary N) is 1. The Morgan fingerprint density at radius 3 is 1.83 bits per heavy atom. The van der Waals surface area contributed by atoms with Crippen LogP contribution in [0.15, 0.2) is 18.2 Å². The van der Waals surface area contributed by atoms with Crippen LogP contribution in [0.3, 0.4) is 0 Å². The van der Waals surface area contributed by atoms with Crippen LogP contribution in [0.25, 0.3) is 0 Å². The summed E-state index contributed by atoms with van der Waals surface area (Å²) in [5.74, 6) is 2.63. The highest BCUT2D eigenvalue weighted by Crippen LogP contribution is 2.37. The van der Waals surface area contributed by atoms with Crippen LogP contribution < -0.4 is 20.7 Å². The second-order valence-corrected chi connectivity index (χ2v) is 2.90. The van der Waals surface area contributed by atoms with Gasteiger partial charge in [-0.1, -0.05) is 0 Å². The summed E-state index contributed by atoms with van der Waals surface area (Å²) in [7, 11) is 0. The molecule has 0 saturated heterocycles. The predicted molar refractivity (Wildman–Crippen MR) is 47.6 cm³/mol. The van der Waals surface area contributed by atoms with Crippen molar-refractivity contribution < 1.29 is 35.8 Å². The summed E-state index contributed by atoms with van der Waals surface area (Å²) >= 11 is 0. The highest BCUT2D eigenvalue weighted by Gasteiger charge is 2.36. The fourth-order valence-corrected chi connectivity index (χ4v) is 1.01. The Labute approximate surface area is 96.2 Å². The number of hydrogen-bond acceptors (Lipinski definition) is 4. The molecule has 0 radical (unpaired) electrons. The van der Waals surface area contributed by atoms with Gasteiger partial charge in [-0.25, -0.2) is 0 Å². The highest BCUT2D eigenvalue weighted by molar-refractivity contribution is 5.54. The summed E-state index contributed by atoms with van der Waals surface area (Å²) < 4.78 is 78.5. The molecule has 3 N–H and O–H groups in total. The fraction of sp³-hybridized carbons (Fsp3) is 0.250. The summed E-state index contributed by atoms with van der Waals surface area (Å²) in [6.45, 7) is 0. The number of rotatable bonds is 3. The minimum absolute atomic E-state index is 0.0798. The van der Waals surface area contributed by atoms with E-state index in [0.717, 1.165) is 6.07 Å². The SMILES string of the molecule is NNc1ccc(OC(F)(F)F)c(OC(F)(F)F)c1. The van der Waals surface area contributed by atoms with E-state index in [1.807, 2.05) is 5.43 Å². The number of hydrogen-bond donors (Lipinski definition) is 2. The lowest BCUT2D eigenvalue weighted by Gasteiger charge is -2.16. The molecule has 1 aromatic rings. The molecule has 0 amide bonds. The lowest BCUT2D eigenvalue weighted by molar-refractivity contribution is -0.287. The molecule has 18 heavy (non-hydrogen) atoms. The first-order chi connectivity index (χ1) is 8.11. The number of alkyl halides is 6. The zero-order valence-electron chi connectivity index (χ0n) is 8.39. The van der Waals surface area contributed by atoms with Crippen molar-refractivity contribution in [2.45, 2.75) is 12.7 Å². The zero-order chi connectivity index (χ0) is 14.0.